The zero-order valence-electron chi connectivity index (χ0n) is 11.4. The number of nitrogens with zero attached hydrogens (tertiary/aromatic N) is 2. The summed E-state index contributed by atoms with van der Waals surface area (Å²) in [7, 11) is 0. The van der Waals surface area contributed by atoms with Crippen LogP contribution in [0, 0.1) is 0 Å². The van der Waals surface area contributed by atoms with Gasteiger partial charge in [0.1, 0.15) is 0 Å². The molecule has 21 heavy (non-hydrogen) atoms. The van der Waals surface area contributed by atoms with Crippen LogP contribution in [0.4, 0.5) is 10.7 Å². The Morgan fingerprint density at radius 1 is 1.33 bits per heavy atom. The van der Waals surface area contributed by atoms with Gasteiger partial charge in [-0.25, -0.2) is 9.78 Å². The molecule has 8 heteroatoms. The largest absolute Gasteiger partial charge is 0.395 e. The van der Waals surface area contributed by atoms with Crippen LogP contribution in [0.15, 0.2) is 24.3 Å². The average Bonchev–Trinajstić information content (AvgIpc) is 2.79. The lowest BCUT2D eigenvalue weighted by molar-refractivity contribution is -0.120. The summed E-state index contributed by atoms with van der Waals surface area (Å²) < 4.78 is 1.82. The molecule has 1 aromatic heterocycles. The van der Waals surface area contributed by atoms with Gasteiger partial charge in [0.25, 0.3) is 0 Å². The number of aromatic nitrogens is 2. The number of nitrogens with one attached hydrogen (secondary N) is 2. The van der Waals surface area contributed by atoms with Crippen molar-refractivity contribution in [3.8, 4) is 0 Å². The summed E-state index contributed by atoms with van der Waals surface area (Å²) >= 11 is 0. The van der Waals surface area contributed by atoms with E-state index < -0.39 is 11.9 Å². The van der Waals surface area contributed by atoms with E-state index in [2.05, 4.69) is 10.3 Å². The van der Waals surface area contributed by atoms with Crippen LogP contribution in [0.1, 0.15) is 6.42 Å². The number of rotatable bonds is 6. The molecule has 1 aromatic carbocycles. The molecule has 0 radical (unpaired) electrons. The number of primary amides is 1. The summed E-state index contributed by atoms with van der Waals surface area (Å²) in [6.07, 6.45) is 0.0943. The molecule has 2 aromatic rings. The first-order valence-corrected chi connectivity index (χ1v) is 6.51. The first-order chi connectivity index (χ1) is 10.1. The van der Waals surface area contributed by atoms with Crippen molar-refractivity contribution in [2.24, 2.45) is 5.73 Å². The number of nitrogens with two attached hydrogens (primary N) is 1. The number of fused-ring (bicyclic) bond motifs is 1. The lowest BCUT2D eigenvalue weighted by atomic mass is 10.3. The third-order valence-corrected chi connectivity index (χ3v) is 2.87. The number of urea groups is 1. The zero-order valence-corrected chi connectivity index (χ0v) is 11.4. The molecule has 0 saturated heterocycles. The maximum absolute atomic E-state index is 11.5. The minimum absolute atomic E-state index is 0.0225. The van der Waals surface area contributed by atoms with E-state index in [1.807, 2.05) is 34.1 Å². The Hall–Kier alpha value is -2.61. The number of benzene rings is 1. The van der Waals surface area contributed by atoms with Crippen LogP contribution in [0.5, 0.6) is 0 Å². The summed E-state index contributed by atoms with van der Waals surface area (Å²) in [6, 6.07) is 6.63. The molecular weight excluding hydrogens is 274 g/mol. The van der Waals surface area contributed by atoms with Crippen molar-refractivity contribution in [1.82, 2.24) is 14.9 Å². The molecule has 2 rings (SSSR count). The molecule has 112 valence electrons. The Bertz CT molecular complexity index is 652. The molecule has 0 aliphatic carbocycles. The predicted octanol–water partition coefficient (Wildman–Crippen LogP) is 0.0255. The Labute approximate surface area is 120 Å². The fraction of sp³-hybridized carbons (Fsp3) is 0.308. The van der Waals surface area contributed by atoms with Crippen LogP contribution in [-0.2, 0) is 11.3 Å². The fourth-order valence-electron chi connectivity index (χ4n) is 2.02. The first-order valence-electron chi connectivity index (χ1n) is 6.51. The monoisotopic (exact) mass is 291 g/mol. The second kappa shape index (κ2) is 6.71. The van der Waals surface area contributed by atoms with Gasteiger partial charge in [-0.3, -0.25) is 10.1 Å². The topological polar surface area (TPSA) is 122 Å². The van der Waals surface area contributed by atoms with Gasteiger partial charge >= 0.3 is 6.03 Å². The Balaban J connectivity index is 2.19. The number of imide groups is 1. The molecule has 0 saturated carbocycles. The number of imidazole rings is 1. The number of aliphatic hydroxyl groups excluding tert-OH is 1. The van der Waals surface area contributed by atoms with E-state index in [4.69, 9.17) is 10.8 Å². The number of hydrogen-bond donors (Lipinski definition) is 4. The van der Waals surface area contributed by atoms with Gasteiger partial charge in [-0.1, -0.05) is 12.1 Å². The smallest absolute Gasteiger partial charge is 0.318 e. The van der Waals surface area contributed by atoms with Crippen molar-refractivity contribution in [3.63, 3.8) is 0 Å². The van der Waals surface area contributed by atoms with Gasteiger partial charge < -0.3 is 20.7 Å². The summed E-state index contributed by atoms with van der Waals surface area (Å²) in [4.78, 5) is 26.5. The van der Waals surface area contributed by atoms with Crippen molar-refractivity contribution < 1.29 is 14.7 Å². The number of aliphatic hydroxyl groups is 1. The van der Waals surface area contributed by atoms with E-state index in [1.165, 1.54) is 0 Å². The number of carbonyl (C=O) groups is 2. The van der Waals surface area contributed by atoms with Crippen molar-refractivity contribution in [2.45, 2.75) is 13.0 Å². The molecular formula is C13H17N5O3. The minimum Gasteiger partial charge on any atom is -0.395 e. The van der Waals surface area contributed by atoms with Crippen LogP contribution >= 0.6 is 0 Å². The second-order valence-corrected chi connectivity index (χ2v) is 4.39. The highest BCUT2D eigenvalue weighted by Gasteiger charge is 2.12. The van der Waals surface area contributed by atoms with Crippen LogP contribution in [0.25, 0.3) is 11.0 Å². The Morgan fingerprint density at radius 3 is 2.81 bits per heavy atom. The van der Waals surface area contributed by atoms with E-state index in [0.29, 0.717) is 19.0 Å². The molecule has 0 spiro atoms. The van der Waals surface area contributed by atoms with Crippen molar-refractivity contribution in [2.75, 3.05) is 18.5 Å². The van der Waals surface area contributed by atoms with Crippen LogP contribution in [0.3, 0.4) is 0 Å². The van der Waals surface area contributed by atoms with Gasteiger partial charge in [0, 0.05) is 19.5 Å². The summed E-state index contributed by atoms with van der Waals surface area (Å²) in [5.74, 6) is 0.116. The predicted molar refractivity (Wildman–Crippen MR) is 77.7 cm³/mol. The highest BCUT2D eigenvalue weighted by molar-refractivity contribution is 5.93. The second-order valence-electron chi connectivity index (χ2n) is 4.39. The van der Waals surface area contributed by atoms with E-state index in [-0.39, 0.29) is 13.0 Å². The molecule has 0 bridgehead atoms. The van der Waals surface area contributed by atoms with Crippen LogP contribution in [0.2, 0.25) is 0 Å². The molecule has 3 amide bonds. The first kappa shape index (κ1) is 14.8. The molecule has 5 N–H and O–H groups in total. The molecule has 0 unspecified atom stereocenters. The van der Waals surface area contributed by atoms with E-state index in [1.54, 1.807) is 0 Å². The summed E-state index contributed by atoms with van der Waals surface area (Å²) in [5.41, 5.74) is 6.55. The van der Waals surface area contributed by atoms with E-state index in [9.17, 15) is 9.59 Å². The van der Waals surface area contributed by atoms with Crippen molar-refractivity contribution in [1.29, 1.82) is 0 Å². The Kier molecular flexibility index (Phi) is 4.72. The highest BCUT2D eigenvalue weighted by atomic mass is 16.3. The summed E-state index contributed by atoms with van der Waals surface area (Å²) in [5, 5.41) is 13.9. The maximum atomic E-state index is 11.5. The van der Waals surface area contributed by atoms with Gasteiger partial charge in [-0.15, -0.1) is 0 Å². The van der Waals surface area contributed by atoms with Crippen LogP contribution < -0.4 is 16.4 Å². The number of para-hydroxylation sites is 2. The number of aryl methyl sites for hydroxylation is 1. The third-order valence-electron chi connectivity index (χ3n) is 2.87. The molecule has 0 aliphatic rings. The van der Waals surface area contributed by atoms with E-state index >= 15 is 0 Å². The number of carbonyl (C=O) groups excluding carboxylic acids is 2. The van der Waals surface area contributed by atoms with Crippen molar-refractivity contribution >= 4 is 28.9 Å². The molecule has 0 atom stereocenters. The molecule has 0 fully saturated rings. The highest BCUT2D eigenvalue weighted by Crippen LogP contribution is 2.19. The van der Waals surface area contributed by atoms with Crippen LogP contribution in [-0.4, -0.2) is 39.7 Å². The van der Waals surface area contributed by atoms with Gasteiger partial charge in [0.15, 0.2) is 0 Å². The van der Waals surface area contributed by atoms with E-state index in [0.717, 1.165) is 11.0 Å². The molecule has 1 heterocycles. The average molecular weight is 291 g/mol. The van der Waals surface area contributed by atoms with Gasteiger partial charge in [0.05, 0.1) is 17.6 Å². The standard InChI is InChI=1S/C13H17N5O3/c14-12(21)17-11(20)5-7-18-10-4-2-1-3-9(10)16-13(18)15-6-8-19/h1-4,19H,5-8H2,(H,15,16)(H3,14,17,20,21). The molecule has 8 nitrogen and oxygen atoms in total. The normalized spacial score (nSPS) is 10.5. The van der Waals surface area contributed by atoms with Gasteiger partial charge in [0.2, 0.25) is 11.9 Å². The Morgan fingerprint density at radius 2 is 2.10 bits per heavy atom. The van der Waals surface area contributed by atoms with Crippen molar-refractivity contribution in [3.05, 3.63) is 24.3 Å². The zero-order chi connectivity index (χ0) is 15.2. The maximum Gasteiger partial charge on any atom is 0.318 e. The fourth-order valence-corrected chi connectivity index (χ4v) is 2.02. The lowest BCUT2D eigenvalue weighted by Gasteiger charge is -2.09. The SMILES string of the molecule is NC(=O)NC(=O)CCn1c(NCCO)nc2ccccc21. The minimum atomic E-state index is -0.867. The molecule has 0 aliphatic heterocycles. The quantitative estimate of drug-likeness (QED) is 0.598. The lowest BCUT2D eigenvalue weighted by Crippen LogP contribution is -2.35. The number of amides is 3. The number of anilines is 1. The summed E-state index contributed by atoms with van der Waals surface area (Å²) in [6.45, 7) is 0.676. The number of hydrogen-bond acceptors (Lipinski definition) is 5. The third kappa shape index (κ3) is 3.69. The van der Waals surface area contributed by atoms with Gasteiger partial charge in [-0.2, -0.15) is 0 Å². The van der Waals surface area contributed by atoms with Gasteiger partial charge in [-0.05, 0) is 12.1 Å².